The number of para-hydroxylation sites is 1. The average Bonchev–Trinajstić information content (AvgIpc) is 2.90. The number of hydrogen-bond acceptors (Lipinski definition) is 5. The van der Waals surface area contributed by atoms with Gasteiger partial charge in [-0.15, -0.1) is 0 Å². The van der Waals surface area contributed by atoms with Gasteiger partial charge in [0.2, 0.25) is 5.91 Å². The third kappa shape index (κ3) is 6.05. The predicted molar refractivity (Wildman–Crippen MR) is 155 cm³/mol. The summed E-state index contributed by atoms with van der Waals surface area (Å²) in [6.45, 7) is 3.60. The van der Waals surface area contributed by atoms with E-state index >= 15 is 0 Å². The number of nitriles is 1. The zero-order chi connectivity index (χ0) is 27.2. The van der Waals surface area contributed by atoms with Crippen molar-refractivity contribution < 1.29 is 9.59 Å². The van der Waals surface area contributed by atoms with Crippen LogP contribution >= 0.6 is 35.0 Å². The molecule has 0 bridgehead atoms. The van der Waals surface area contributed by atoms with Crippen LogP contribution in [0.2, 0.25) is 10.0 Å². The van der Waals surface area contributed by atoms with Gasteiger partial charge in [0.05, 0.1) is 28.3 Å². The molecule has 1 aliphatic rings. The second-order valence-corrected chi connectivity index (χ2v) is 10.3. The summed E-state index contributed by atoms with van der Waals surface area (Å²) >= 11 is 13.9. The predicted octanol–water partition coefficient (Wildman–Crippen LogP) is 7.01. The molecule has 192 valence electrons. The summed E-state index contributed by atoms with van der Waals surface area (Å²) in [5.41, 5.74) is 3.90. The van der Waals surface area contributed by atoms with Gasteiger partial charge in [0.15, 0.2) is 0 Å². The first kappa shape index (κ1) is 27.3. The Labute approximate surface area is 235 Å². The second kappa shape index (κ2) is 12.2. The zero-order valence-electron chi connectivity index (χ0n) is 20.6. The Kier molecular flexibility index (Phi) is 8.80. The first-order valence-electron chi connectivity index (χ1n) is 11.7. The van der Waals surface area contributed by atoms with Gasteiger partial charge in [-0.2, -0.15) is 5.26 Å². The molecule has 0 fully saturated rings. The molecule has 2 amide bonds. The molecule has 1 heterocycles. The lowest BCUT2D eigenvalue weighted by molar-refractivity contribution is -0.114. The summed E-state index contributed by atoms with van der Waals surface area (Å²) in [7, 11) is 0. The van der Waals surface area contributed by atoms with Crippen molar-refractivity contribution in [3.05, 3.63) is 116 Å². The highest BCUT2D eigenvalue weighted by atomic mass is 35.5. The van der Waals surface area contributed by atoms with E-state index in [1.54, 1.807) is 55.5 Å². The molecule has 0 aromatic heterocycles. The molecule has 4 rings (SSSR count). The van der Waals surface area contributed by atoms with Crippen molar-refractivity contribution in [3.63, 3.8) is 0 Å². The standard InChI is InChI=1S/C29H24Cl2N4O2S/c1-17-22(30)13-8-14-24(17)35-25(36)16-38-29-21(15-32)27(20-11-6-7-12-23(20)31)26(18(2)33-29)28(37)34-19-9-4-3-5-10-19/h3-14,27,33H,16H2,1-2H3,(H,34,37)(H,35,36)/t27-/m0/s1. The number of nitrogens with one attached hydrogen (secondary N) is 3. The highest BCUT2D eigenvalue weighted by Gasteiger charge is 2.36. The highest BCUT2D eigenvalue weighted by Crippen LogP contribution is 2.43. The van der Waals surface area contributed by atoms with Crippen molar-refractivity contribution in [1.29, 1.82) is 5.26 Å². The third-order valence-corrected chi connectivity index (χ3v) is 7.80. The molecule has 0 unspecified atom stereocenters. The van der Waals surface area contributed by atoms with E-state index in [2.05, 4.69) is 22.0 Å². The fourth-order valence-corrected chi connectivity index (χ4v) is 5.45. The number of rotatable bonds is 7. The van der Waals surface area contributed by atoms with Crippen LogP contribution in [0.25, 0.3) is 0 Å². The Morgan fingerprint density at radius 1 is 0.947 bits per heavy atom. The largest absolute Gasteiger partial charge is 0.353 e. The summed E-state index contributed by atoms with van der Waals surface area (Å²) in [4.78, 5) is 26.3. The van der Waals surface area contributed by atoms with Crippen LogP contribution in [0.4, 0.5) is 11.4 Å². The van der Waals surface area contributed by atoms with Gasteiger partial charge in [-0.25, -0.2) is 0 Å². The topological polar surface area (TPSA) is 94.0 Å². The first-order chi connectivity index (χ1) is 18.3. The van der Waals surface area contributed by atoms with E-state index in [4.69, 9.17) is 23.2 Å². The number of thioether (sulfide) groups is 1. The van der Waals surface area contributed by atoms with Crippen molar-refractivity contribution in [2.45, 2.75) is 19.8 Å². The first-order valence-corrected chi connectivity index (χ1v) is 13.4. The molecule has 0 radical (unpaired) electrons. The van der Waals surface area contributed by atoms with Gasteiger partial charge >= 0.3 is 0 Å². The van der Waals surface area contributed by atoms with Gasteiger partial charge in [0.1, 0.15) is 0 Å². The number of anilines is 2. The van der Waals surface area contributed by atoms with Gasteiger partial charge < -0.3 is 16.0 Å². The molecule has 0 saturated heterocycles. The van der Waals surface area contributed by atoms with E-state index in [-0.39, 0.29) is 17.6 Å². The van der Waals surface area contributed by atoms with Gasteiger partial charge in [0, 0.05) is 32.7 Å². The van der Waals surface area contributed by atoms with Crippen LogP contribution in [0.5, 0.6) is 0 Å². The van der Waals surface area contributed by atoms with Crippen LogP contribution in [0, 0.1) is 18.3 Å². The van der Waals surface area contributed by atoms with Crippen LogP contribution in [-0.2, 0) is 9.59 Å². The summed E-state index contributed by atoms with van der Waals surface area (Å²) in [5.74, 6) is -1.29. The lowest BCUT2D eigenvalue weighted by atomic mass is 9.82. The monoisotopic (exact) mass is 562 g/mol. The molecule has 3 N–H and O–H groups in total. The van der Waals surface area contributed by atoms with Crippen LogP contribution in [-0.4, -0.2) is 17.6 Å². The number of nitrogens with zero attached hydrogens (tertiary/aromatic N) is 1. The van der Waals surface area contributed by atoms with Gasteiger partial charge in [0.25, 0.3) is 5.91 Å². The molecular formula is C29H24Cl2N4O2S. The smallest absolute Gasteiger partial charge is 0.254 e. The van der Waals surface area contributed by atoms with Crippen LogP contribution in [0.15, 0.2) is 94.7 Å². The summed E-state index contributed by atoms with van der Waals surface area (Å²) < 4.78 is 0. The van der Waals surface area contributed by atoms with E-state index in [0.29, 0.717) is 48.9 Å². The van der Waals surface area contributed by atoms with E-state index < -0.39 is 5.92 Å². The number of hydrogen-bond donors (Lipinski definition) is 3. The SMILES string of the molecule is CC1=C(C(=O)Nc2ccccc2)[C@@H](c2ccccc2Cl)C(C#N)=C(SCC(=O)Nc2cccc(Cl)c2C)N1. The fourth-order valence-electron chi connectivity index (χ4n) is 4.13. The Morgan fingerprint density at radius 2 is 1.63 bits per heavy atom. The Morgan fingerprint density at radius 3 is 2.34 bits per heavy atom. The second-order valence-electron chi connectivity index (χ2n) is 8.54. The molecule has 6 nitrogen and oxygen atoms in total. The van der Waals surface area contributed by atoms with E-state index in [1.807, 2.05) is 31.2 Å². The van der Waals surface area contributed by atoms with Crippen molar-refractivity contribution in [1.82, 2.24) is 5.32 Å². The summed E-state index contributed by atoms with van der Waals surface area (Å²) in [5, 5.41) is 20.7. The van der Waals surface area contributed by atoms with Crippen molar-refractivity contribution in [2.24, 2.45) is 0 Å². The highest BCUT2D eigenvalue weighted by molar-refractivity contribution is 8.03. The molecule has 9 heteroatoms. The molecule has 0 spiro atoms. The zero-order valence-corrected chi connectivity index (χ0v) is 23.0. The van der Waals surface area contributed by atoms with E-state index in [9.17, 15) is 14.9 Å². The molecule has 0 aliphatic carbocycles. The number of dihydropyridines is 1. The molecule has 38 heavy (non-hydrogen) atoms. The number of benzene rings is 3. The Balaban J connectivity index is 1.64. The summed E-state index contributed by atoms with van der Waals surface area (Å²) in [6.07, 6.45) is 0. The number of amides is 2. The van der Waals surface area contributed by atoms with Crippen LogP contribution in [0.3, 0.4) is 0 Å². The lowest BCUT2D eigenvalue weighted by Gasteiger charge is -2.30. The average molecular weight is 564 g/mol. The van der Waals surface area contributed by atoms with Gasteiger partial charge in [-0.1, -0.05) is 77.4 Å². The fraction of sp³-hybridized carbons (Fsp3) is 0.138. The third-order valence-electron chi connectivity index (χ3n) is 6.03. The van der Waals surface area contributed by atoms with Crippen LogP contribution < -0.4 is 16.0 Å². The minimum absolute atomic E-state index is 0.0353. The molecule has 1 atom stereocenters. The van der Waals surface area contributed by atoms with Crippen molar-refractivity contribution in [3.8, 4) is 6.07 Å². The van der Waals surface area contributed by atoms with Crippen molar-refractivity contribution in [2.75, 3.05) is 16.4 Å². The molecule has 3 aromatic carbocycles. The number of carbonyl (C=O) groups is 2. The van der Waals surface area contributed by atoms with Gasteiger partial charge in [-0.05, 0) is 55.3 Å². The lowest BCUT2D eigenvalue weighted by Crippen LogP contribution is -2.31. The Hall–Kier alpha value is -3.70. The molecule has 3 aromatic rings. The maximum Gasteiger partial charge on any atom is 0.254 e. The van der Waals surface area contributed by atoms with Gasteiger partial charge in [-0.3, -0.25) is 9.59 Å². The van der Waals surface area contributed by atoms with Crippen molar-refractivity contribution >= 4 is 58.2 Å². The minimum Gasteiger partial charge on any atom is -0.353 e. The maximum absolute atomic E-state index is 13.5. The normalized spacial score (nSPS) is 15.0. The van der Waals surface area contributed by atoms with E-state index in [1.165, 1.54) is 11.8 Å². The molecule has 0 saturated carbocycles. The Bertz CT molecular complexity index is 1500. The number of allylic oxidation sites excluding steroid dienone is 2. The summed E-state index contributed by atoms with van der Waals surface area (Å²) in [6, 6.07) is 23.8. The quantitative estimate of drug-likeness (QED) is 0.288. The number of carbonyl (C=O) groups excluding carboxylic acids is 2. The maximum atomic E-state index is 13.5. The number of halogens is 2. The van der Waals surface area contributed by atoms with Crippen LogP contribution in [0.1, 0.15) is 24.0 Å². The van der Waals surface area contributed by atoms with E-state index in [0.717, 1.165) is 5.56 Å². The molecule has 1 aliphatic heterocycles. The minimum atomic E-state index is -0.723. The molecular weight excluding hydrogens is 539 g/mol.